The van der Waals surface area contributed by atoms with Gasteiger partial charge in [-0.2, -0.15) is 4.90 Å². The van der Waals surface area contributed by atoms with E-state index in [4.69, 9.17) is 89.1 Å². The Balaban J connectivity index is -0.000000168. The number of rotatable bonds is 6. The predicted octanol–water partition coefficient (Wildman–Crippen LogP) is 8.43. The summed E-state index contributed by atoms with van der Waals surface area (Å²) in [7, 11) is 2.23. The number of nitrogens with zero attached hydrogens (tertiary/aromatic N) is 12. The third-order valence-corrected chi connectivity index (χ3v) is 8.16. The van der Waals surface area contributed by atoms with Crippen LogP contribution < -0.4 is 50.8 Å². The number of carbonyl (C=O) groups excluding carboxylic acids is 7. The van der Waals surface area contributed by atoms with Gasteiger partial charge < -0.3 is 60.4 Å². The topological polar surface area (TPSA) is 496 Å². The van der Waals surface area contributed by atoms with Crippen molar-refractivity contribution in [2.45, 2.75) is 179 Å². The van der Waals surface area contributed by atoms with Crippen molar-refractivity contribution in [3.63, 3.8) is 0 Å². The molecule has 0 saturated heterocycles. The Kier molecular flexibility index (Phi) is 53.0. The molecule has 0 aromatic carbocycles. The molecule has 36 nitrogen and oxygen atoms in total. The third-order valence-electron chi connectivity index (χ3n) is 7.58. The molecule has 0 aliphatic heterocycles. The summed E-state index contributed by atoms with van der Waals surface area (Å²) < 4.78 is 38.8. The minimum absolute atomic E-state index is 0. The van der Waals surface area contributed by atoms with Crippen molar-refractivity contribution in [2.75, 3.05) is 35.5 Å². The maximum atomic E-state index is 12.3. The Morgan fingerprint density at radius 3 is 1.09 bits per heavy atom. The first-order chi connectivity index (χ1) is 43.3. The average Bonchev–Trinajstić information content (AvgIpc) is 0.825. The van der Waals surface area contributed by atoms with Crippen LogP contribution in [0, 0.1) is 10.1 Å². The average molecular weight is 1510 g/mol. The summed E-state index contributed by atoms with van der Waals surface area (Å²) in [6.07, 6.45) is 7.83. The van der Waals surface area contributed by atoms with Gasteiger partial charge in [-0.05, 0) is 159 Å². The maximum absolute atomic E-state index is 12.3. The van der Waals surface area contributed by atoms with Crippen LogP contribution in [0.3, 0.4) is 0 Å². The summed E-state index contributed by atoms with van der Waals surface area (Å²) in [5.41, 5.74) is 2.39. The normalized spacial score (nSPS) is 10.1. The van der Waals surface area contributed by atoms with Crippen molar-refractivity contribution in [1.82, 2.24) is 49.8 Å². The van der Waals surface area contributed by atoms with Gasteiger partial charge in [0.25, 0.3) is 5.97 Å². The first-order valence-corrected chi connectivity index (χ1v) is 28.1. The molecule has 7 N–H and O–H groups in total. The van der Waals surface area contributed by atoms with Crippen LogP contribution in [-0.2, 0) is 66.4 Å². The summed E-state index contributed by atoms with van der Waals surface area (Å²) in [6, 6.07) is 0. The molecule has 5 rings (SSSR count). The zero-order chi connectivity index (χ0) is 74.5. The first-order valence-electron chi connectivity index (χ1n) is 27.0. The number of carboxylic acid groups (broad SMARTS) is 1. The number of halogens is 3. The van der Waals surface area contributed by atoms with Crippen LogP contribution in [0.15, 0.2) is 62.0 Å². The monoisotopic (exact) mass is 1510 g/mol. The fraction of sp³-hybridized carbons (Fsp3) is 0.509. The molecule has 5 aromatic heterocycles. The van der Waals surface area contributed by atoms with Crippen molar-refractivity contribution in [3.05, 3.63) is 99.6 Å². The number of aliphatic hydroxyl groups is 2. The Labute approximate surface area is 625 Å². The van der Waals surface area contributed by atoms with Crippen molar-refractivity contribution in [3.8, 4) is 0 Å². The number of hydrogen-bond donors (Lipinski definition) is 6. The number of ether oxygens (including phenoxy) is 8. The number of imide groups is 1. The number of nitro groups is 1. The molecule has 4 amide bonds. The largest absolute Gasteiger partial charge is 1.00 e. The molecule has 0 unspecified atom stereocenters. The zero-order valence-corrected chi connectivity index (χ0v) is 63.6. The molecule has 0 saturated carbocycles. The maximum Gasteiger partial charge on any atom is 1.00 e. The molecule has 0 aliphatic carbocycles. The third kappa shape index (κ3) is 59.7. The quantitative estimate of drug-likeness (QED) is 0.0176. The van der Waals surface area contributed by atoms with Crippen LogP contribution in [0.2, 0.25) is 15.9 Å². The molecule has 549 valence electrons. The molecule has 5 heterocycles. The molecular weight excluding hydrogens is 1430 g/mol. The Bertz CT molecular complexity index is 3130. The standard InChI is InChI=1S/C14H20ClN3O4.C11H15N3O4.C10H15N3O3.C10H18O5.C4H2ClN3O2.C4H4ClN3.C2H4O2.CH4O.CH4.B.Fe.Na.H/c1-13(2,3)21-11(19)18(12(20)22-14(4,5)6)9-7-16-10(15)17-8-9;1-11(2,3)18-10(16)14-7-5-12-8(13-6-7)9(15)17-4;1-10(2,3)16-9(15)13-7-4-11-8(6-14)12-5-7;1-9(2,3)14-7(11)13-8(12)15-10(4,5)6;5-4-6-1-3(2-7-4)8(9)10;5-4-7-1-3(6)2-8-4;1-2(3)4;1-2;;;;;/h7-8H,1-6H3;5-6H,1-4H3,(H,14,16);4-5,14H,6H2,1-3H3,(H,13,15);1-6H3;1-2H;1-2H,6H2;1H3,(H,3,4);2H,1H3;1H4;;;;/q;;;;;;;;;;;+1;-1. The molecule has 0 bridgehead atoms. The predicted molar refractivity (Wildman–Crippen MR) is 357 cm³/mol. The summed E-state index contributed by atoms with van der Waals surface area (Å²) in [5, 5.41) is 38.3. The van der Waals surface area contributed by atoms with Crippen LogP contribution in [-0.4, -0.2) is 175 Å². The van der Waals surface area contributed by atoms with E-state index in [2.05, 4.69) is 69.9 Å². The number of nitrogens with one attached hydrogen (secondary N) is 2. The number of aromatic nitrogens is 10. The number of hydrogen-bond acceptors (Lipinski definition) is 31. The second-order valence-electron chi connectivity index (χ2n) is 23.4. The van der Waals surface area contributed by atoms with Crippen molar-refractivity contribution >= 4 is 120 Å². The van der Waals surface area contributed by atoms with Crippen LogP contribution >= 0.6 is 34.8 Å². The number of anilines is 4. The summed E-state index contributed by atoms with van der Waals surface area (Å²) in [5.74, 6) is -1.25. The van der Waals surface area contributed by atoms with Crippen molar-refractivity contribution in [1.29, 1.82) is 0 Å². The molecule has 0 fully saturated rings. The van der Waals surface area contributed by atoms with E-state index >= 15 is 0 Å². The summed E-state index contributed by atoms with van der Waals surface area (Å²) in [4.78, 5) is 136. The minimum atomic E-state index is -1.06. The van der Waals surface area contributed by atoms with Gasteiger partial charge in [0.15, 0.2) is 5.82 Å². The van der Waals surface area contributed by atoms with Crippen LogP contribution in [0.5, 0.6) is 0 Å². The summed E-state index contributed by atoms with van der Waals surface area (Å²) >= 11 is 16.2. The minimum Gasteiger partial charge on any atom is -1.00 e. The van der Waals surface area contributed by atoms with E-state index in [1.807, 2.05) is 0 Å². The second kappa shape index (κ2) is 50.3. The molecule has 5 aromatic rings. The smallest absolute Gasteiger partial charge is 1.00 e. The van der Waals surface area contributed by atoms with E-state index in [0.29, 0.717) is 22.9 Å². The Morgan fingerprint density at radius 1 is 0.545 bits per heavy atom. The van der Waals surface area contributed by atoms with E-state index in [0.717, 1.165) is 31.3 Å². The van der Waals surface area contributed by atoms with Crippen LogP contribution in [0.1, 0.15) is 157 Å². The van der Waals surface area contributed by atoms with Gasteiger partial charge in [0.05, 0.1) is 84.4 Å². The number of aliphatic carboxylic acids is 1. The van der Waals surface area contributed by atoms with E-state index in [1.54, 1.807) is 125 Å². The van der Waals surface area contributed by atoms with E-state index < -0.39 is 87.2 Å². The number of aliphatic hydroxyl groups excluding tert-OH is 2. The molecule has 0 spiro atoms. The second-order valence-corrected chi connectivity index (χ2v) is 24.4. The van der Waals surface area contributed by atoms with Crippen LogP contribution in [0.25, 0.3) is 0 Å². The number of nitrogens with two attached hydrogens (primary N) is 1. The van der Waals surface area contributed by atoms with E-state index in [-0.39, 0.29) is 104 Å². The number of methoxy groups -OCH3 is 1. The van der Waals surface area contributed by atoms with Gasteiger partial charge in [-0.25, -0.2) is 83.4 Å². The number of nitrogen functional groups attached to an aromatic ring is 1. The Hall–Kier alpha value is -8.07. The number of esters is 1. The van der Waals surface area contributed by atoms with Gasteiger partial charge in [-0.3, -0.25) is 25.5 Å². The zero-order valence-electron chi connectivity index (χ0n) is 59.2. The van der Waals surface area contributed by atoms with E-state index in [1.165, 1.54) is 56.7 Å². The number of carbonyl (C=O) groups is 8. The molecule has 42 heteroatoms. The van der Waals surface area contributed by atoms with Gasteiger partial charge in [-0.1, -0.05) is 7.43 Å². The molecular formula is C57H87BCl3FeN15NaO21. The SMILES string of the molecule is C.CC(=O)O.CC(C)(C)OC(=O)N(C(=O)OC(C)(C)C)c1cnc(Cl)nc1.CC(C)(C)OC(=O)Nc1cnc(CO)nc1.CC(C)(C)OC(=O)OC(=O)OC(C)(C)C.CO.COC(=O)c1ncc(NC(=O)OC(C)(C)C)cn1.Nc1cnc(Cl)nc1.O=[N+]([O-])c1cnc(Cl)nc1.[B].[Fe].[H-].[Na+]. The fourth-order valence-corrected chi connectivity index (χ4v) is 4.88. The molecule has 0 atom stereocenters. The van der Waals surface area contributed by atoms with E-state index in [9.17, 15) is 43.7 Å². The number of carboxylic acids is 1. The molecule has 99 heavy (non-hydrogen) atoms. The number of amides is 4. The first kappa shape index (κ1) is 104. The van der Waals surface area contributed by atoms with Gasteiger partial charge >= 0.3 is 77.9 Å². The van der Waals surface area contributed by atoms with Crippen LogP contribution in [0.4, 0.5) is 57.2 Å². The fourth-order valence-electron chi connectivity index (χ4n) is 4.59. The van der Waals surface area contributed by atoms with Gasteiger partial charge in [0, 0.05) is 39.5 Å². The summed E-state index contributed by atoms with van der Waals surface area (Å²) in [6.45, 7) is 31.6. The molecule has 3 radical (unpaired) electrons. The van der Waals surface area contributed by atoms with Gasteiger partial charge in [0.1, 0.15) is 52.6 Å². The van der Waals surface area contributed by atoms with Gasteiger partial charge in [0.2, 0.25) is 21.7 Å². The molecule has 0 aliphatic rings. The van der Waals surface area contributed by atoms with Crippen molar-refractivity contribution in [2.24, 2.45) is 0 Å². The van der Waals surface area contributed by atoms with Crippen molar-refractivity contribution < 1.29 is 145 Å². The van der Waals surface area contributed by atoms with Gasteiger partial charge in [-0.15, -0.1) is 0 Å². The Morgan fingerprint density at radius 2 is 0.828 bits per heavy atom.